The highest BCUT2D eigenvalue weighted by Crippen LogP contribution is 2.25. The summed E-state index contributed by atoms with van der Waals surface area (Å²) in [6.07, 6.45) is -0.661. The molecule has 1 aromatic carbocycles. The van der Waals surface area contributed by atoms with Crippen LogP contribution in [0.15, 0.2) is 29.6 Å². The zero-order valence-electron chi connectivity index (χ0n) is 11.1. The molecule has 2 amide bonds. The van der Waals surface area contributed by atoms with Crippen molar-refractivity contribution in [1.82, 2.24) is 10.3 Å². The van der Waals surface area contributed by atoms with Gasteiger partial charge >= 0.3 is 6.09 Å². The molecule has 1 aromatic heterocycles. The molecule has 0 fully saturated rings. The Bertz CT molecular complexity index is 642. The molecule has 2 rings (SSSR count). The first-order chi connectivity index (χ1) is 10.1. The maximum Gasteiger partial charge on any atom is 0.407 e. The van der Waals surface area contributed by atoms with Crippen LogP contribution in [0, 0.1) is 0 Å². The van der Waals surface area contributed by atoms with Crippen LogP contribution < -0.4 is 10.6 Å². The number of nitrogens with zero attached hydrogens (tertiary/aromatic N) is 1. The van der Waals surface area contributed by atoms with Crippen LogP contribution in [0.3, 0.4) is 0 Å². The number of methoxy groups -OCH3 is 1. The fourth-order valence-electron chi connectivity index (χ4n) is 1.47. The van der Waals surface area contributed by atoms with Crippen LogP contribution in [0.25, 0.3) is 11.3 Å². The van der Waals surface area contributed by atoms with Crippen molar-refractivity contribution in [2.75, 3.05) is 19.0 Å². The predicted octanol–water partition coefficient (Wildman–Crippen LogP) is 2.76. The fraction of sp³-hybridized carbons (Fsp3) is 0.154. The van der Waals surface area contributed by atoms with E-state index < -0.39 is 6.09 Å². The second-order valence-electron chi connectivity index (χ2n) is 3.94. The lowest BCUT2D eigenvalue weighted by atomic mass is 10.2. The third-order valence-electron chi connectivity index (χ3n) is 2.47. The first-order valence-electron chi connectivity index (χ1n) is 5.91. The fourth-order valence-corrected chi connectivity index (χ4v) is 2.33. The summed E-state index contributed by atoms with van der Waals surface area (Å²) >= 11 is 7.12. The van der Waals surface area contributed by atoms with E-state index in [-0.39, 0.29) is 12.5 Å². The first kappa shape index (κ1) is 15.3. The third kappa shape index (κ3) is 4.44. The van der Waals surface area contributed by atoms with Crippen molar-refractivity contribution in [2.45, 2.75) is 0 Å². The molecule has 2 N–H and O–H groups in total. The minimum atomic E-state index is -0.661. The zero-order valence-corrected chi connectivity index (χ0v) is 12.6. The smallest absolute Gasteiger partial charge is 0.407 e. The molecule has 0 aliphatic carbocycles. The van der Waals surface area contributed by atoms with E-state index in [1.54, 1.807) is 12.1 Å². The van der Waals surface area contributed by atoms with Gasteiger partial charge in [-0.15, -0.1) is 11.3 Å². The lowest BCUT2D eigenvalue weighted by Crippen LogP contribution is -2.32. The van der Waals surface area contributed by atoms with Gasteiger partial charge in [0.25, 0.3) is 0 Å². The van der Waals surface area contributed by atoms with Gasteiger partial charge < -0.3 is 15.4 Å². The molecule has 8 heteroatoms. The van der Waals surface area contributed by atoms with Crippen LogP contribution in [0.5, 0.6) is 0 Å². The molecule has 1 heterocycles. The van der Waals surface area contributed by atoms with Gasteiger partial charge in [-0.25, -0.2) is 9.78 Å². The van der Waals surface area contributed by atoms with Crippen molar-refractivity contribution in [2.24, 2.45) is 0 Å². The van der Waals surface area contributed by atoms with E-state index in [1.807, 2.05) is 17.5 Å². The van der Waals surface area contributed by atoms with E-state index in [0.29, 0.717) is 10.2 Å². The molecule has 21 heavy (non-hydrogen) atoms. The van der Waals surface area contributed by atoms with Crippen molar-refractivity contribution in [3.63, 3.8) is 0 Å². The largest absolute Gasteiger partial charge is 0.453 e. The summed E-state index contributed by atoms with van der Waals surface area (Å²) in [5.41, 5.74) is 1.65. The second-order valence-corrected chi connectivity index (χ2v) is 5.23. The maximum atomic E-state index is 11.6. The molecule has 0 radical (unpaired) electrons. The van der Waals surface area contributed by atoms with Crippen LogP contribution in [0.4, 0.5) is 9.93 Å². The van der Waals surface area contributed by atoms with Crippen LogP contribution in [0.2, 0.25) is 5.02 Å². The number of rotatable bonds is 4. The normalized spacial score (nSPS) is 10.0. The van der Waals surface area contributed by atoms with Gasteiger partial charge in [0.1, 0.15) is 6.54 Å². The number of benzene rings is 1. The molecule has 110 valence electrons. The molecule has 0 spiro atoms. The number of alkyl carbamates (subject to hydrolysis) is 1. The highest BCUT2D eigenvalue weighted by atomic mass is 35.5. The van der Waals surface area contributed by atoms with E-state index >= 15 is 0 Å². The summed E-state index contributed by atoms with van der Waals surface area (Å²) in [5.74, 6) is -0.377. The van der Waals surface area contributed by atoms with Crippen molar-refractivity contribution >= 4 is 40.1 Å². The molecule has 0 unspecified atom stereocenters. The summed E-state index contributed by atoms with van der Waals surface area (Å²) in [7, 11) is 1.23. The quantitative estimate of drug-likeness (QED) is 0.905. The van der Waals surface area contributed by atoms with E-state index in [2.05, 4.69) is 20.4 Å². The van der Waals surface area contributed by atoms with Gasteiger partial charge in [0.15, 0.2) is 5.13 Å². The van der Waals surface area contributed by atoms with Crippen molar-refractivity contribution < 1.29 is 14.3 Å². The Morgan fingerprint density at radius 2 is 2.05 bits per heavy atom. The number of hydrogen-bond donors (Lipinski definition) is 2. The monoisotopic (exact) mass is 325 g/mol. The number of amides is 2. The SMILES string of the molecule is COC(=O)NCC(=O)Nc1nc(-c2ccc(Cl)cc2)cs1. The zero-order chi connectivity index (χ0) is 15.2. The maximum absolute atomic E-state index is 11.6. The van der Waals surface area contributed by atoms with Crippen molar-refractivity contribution in [1.29, 1.82) is 0 Å². The Morgan fingerprint density at radius 1 is 1.33 bits per heavy atom. The summed E-state index contributed by atoms with van der Waals surface area (Å²) in [4.78, 5) is 26.7. The number of anilines is 1. The Balaban J connectivity index is 1.95. The van der Waals surface area contributed by atoms with Gasteiger partial charge in [0.05, 0.1) is 12.8 Å². The molecule has 0 atom stereocenters. The van der Waals surface area contributed by atoms with Crippen LogP contribution in [-0.2, 0) is 9.53 Å². The second kappa shape index (κ2) is 7.05. The van der Waals surface area contributed by atoms with E-state index in [4.69, 9.17) is 11.6 Å². The molecular formula is C13H12ClN3O3S. The Labute approximate surface area is 130 Å². The van der Waals surface area contributed by atoms with E-state index in [9.17, 15) is 9.59 Å². The van der Waals surface area contributed by atoms with Crippen LogP contribution >= 0.6 is 22.9 Å². The molecule has 0 saturated carbocycles. The number of carbonyl (C=O) groups is 2. The highest BCUT2D eigenvalue weighted by molar-refractivity contribution is 7.14. The van der Waals surface area contributed by atoms with Gasteiger partial charge in [-0.1, -0.05) is 23.7 Å². The molecule has 0 aliphatic rings. The average Bonchev–Trinajstić information content (AvgIpc) is 2.94. The van der Waals surface area contributed by atoms with Crippen molar-refractivity contribution in [3.05, 3.63) is 34.7 Å². The highest BCUT2D eigenvalue weighted by Gasteiger charge is 2.09. The minimum absolute atomic E-state index is 0.178. The molecule has 2 aromatic rings. The number of thiazole rings is 1. The van der Waals surface area contributed by atoms with E-state index in [1.165, 1.54) is 18.4 Å². The number of halogens is 1. The minimum Gasteiger partial charge on any atom is -0.453 e. The summed E-state index contributed by atoms with van der Waals surface area (Å²) < 4.78 is 4.37. The van der Waals surface area contributed by atoms with Crippen LogP contribution in [-0.4, -0.2) is 30.6 Å². The average molecular weight is 326 g/mol. The van der Waals surface area contributed by atoms with Crippen LogP contribution in [0.1, 0.15) is 0 Å². The standard InChI is InChI=1S/C13H12ClN3O3S/c1-20-13(19)15-6-11(18)17-12-16-10(7-21-12)8-2-4-9(14)5-3-8/h2-5,7H,6H2,1H3,(H,15,19)(H,16,17,18). The van der Waals surface area contributed by atoms with Gasteiger partial charge in [-0.05, 0) is 12.1 Å². The first-order valence-corrected chi connectivity index (χ1v) is 7.17. The van der Waals surface area contributed by atoms with Gasteiger partial charge in [0.2, 0.25) is 5.91 Å². The predicted molar refractivity (Wildman–Crippen MR) is 81.6 cm³/mol. The summed E-state index contributed by atoms with van der Waals surface area (Å²) in [6.45, 7) is -0.178. The lowest BCUT2D eigenvalue weighted by Gasteiger charge is -2.03. The number of aromatic nitrogens is 1. The molecular weight excluding hydrogens is 314 g/mol. The number of nitrogens with one attached hydrogen (secondary N) is 2. The Kier molecular flexibility index (Phi) is 5.13. The molecule has 0 aliphatic heterocycles. The Hall–Kier alpha value is -2.12. The van der Waals surface area contributed by atoms with Gasteiger partial charge in [-0.2, -0.15) is 0 Å². The topological polar surface area (TPSA) is 80.3 Å². The van der Waals surface area contributed by atoms with E-state index in [0.717, 1.165) is 11.3 Å². The number of ether oxygens (including phenoxy) is 1. The summed E-state index contributed by atoms with van der Waals surface area (Å²) in [6, 6.07) is 7.24. The molecule has 0 saturated heterocycles. The number of carbonyl (C=O) groups excluding carboxylic acids is 2. The van der Waals surface area contributed by atoms with Gasteiger partial charge in [-0.3, -0.25) is 4.79 Å². The lowest BCUT2D eigenvalue weighted by molar-refractivity contribution is -0.115. The van der Waals surface area contributed by atoms with Gasteiger partial charge in [0, 0.05) is 16.0 Å². The Morgan fingerprint density at radius 3 is 2.71 bits per heavy atom. The number of hydrogen-bond acceptors (Lipinski definition) is 5. The van der Waals surface area contributed by atoms with Crippen molar-refractivity contribution in [3.8, 4) is 11.3 Å². The summed E-state index contributed by atoms with van der Waals surface area (Å²) in [5, 5.41) is 7.81. The molecule has 0 bridgehead atoms. The molecule has 6 nitrogen and oxygen atoms in total. The third-order valence-corrected chi connectivity index (χ3v) is 3.48.